The van der Waals surface area contributed by atoms with Crippen molar-refractivity contribution in [2.24, 2.45) is 5.92 Å². The highest BCUT2D eigenvalue weighted by atomic mass is 15.1. The summed E-state index contributed by atoms with van der Waals surface area (Å²) in [5.74, 6) is 0.379. The van der Waals surface area contributed by atoms with Crippen LogP contribution in [0, 0.1) is 22.7 Å². The molecule has 0 aliphatic carbocycles. The third-order valence-corrected chi connectivity index (χ3v) is 2.49. The Hall–Kier alpha value is -1.89. The molecule has 4 heteroatoms. The minimum absolute atomic E-state index is 0.0259. The summed E-state index contributed by atoms with van der Waals surface area (Å²) in [6.45, 7) is 2.57. The molecule has 0 bridgehead atoms. The highest BCUT2D eigenvalue weighted by molar-refractivity contribution is 5.95. The molecular formula is C12H16N4. The van der Waals surface area contributed by atoms with Gasteiger partial charge >= 0.3 is 0 Å². The molecule has 0 saturated heterocycles. The van der Waals surface area contributed by atoms with Crippen molar-refractivity contribution in [3.8, 4) is 6.07 Å². The Balaban J connectivity index is 2.65. The number of pyridine rings is 1. The molecule has 4 nitrogen and oxygen atoms in total. The van der Waals surface area contributed by atoms with Gasteiger partial charge in [-0.15, -0.1) is 0 Å². The number of nitrogens with zero attached hydrogens (tertiary/aromatic N) is 3. The molecule has 0 fully saturated rings. The van der Waals surface area contributed by atoms with Crippen LogP contribution in [0.3, 0.4) is 0 Å². The molecule has 1 unspecified atom stereocenters. The molecule has 0 spiro atoms. The summed E-state index contributed by atoms with van der Waals surface area (Å²) >= 11 is 0. The van der Waals surface area contributed by atoms with E-state index in [1.54, 1.807) is 23.4 Å². The van der Waals surface area contributed by atoms with Gasteiger partial charge in [-0.2, -0.15) is 5.26 Å². The Morgan fingerprint density at radius 3 is 2.94 bits per heavy atom. The standard InChI is InChI=1S/C12H16N4/c1-3-10(7-13)9-16(2)12(14)11-5-4-6-15-8-11/h4-6,8,10,14H,3,9H2,1-2H3. The molecule has 1 heterocycles. The van der Waals surface area contributed by atoms with E-state index in [-0.39, 0.29) is 5.92 Å². The van der Waals surface area contributed by atoms with Crippen LogP contribution in [0.2, 0.25) is 0 Å². The summed E-state index contributed by atoms with van der Waals surface area (Å²) in [4.78, 5) is 5.76. The van der Waals surface area contributed by atoms with Gasteiger partial charge < -0.3 is 4.90 Å². The molecule has 0 aromatic carbocycles. The maximum absolute atomic E-state index is 8.87. The van der Waals surface area contributed by atoms with Crippen LogP contribution in [0.25, 0.3) is 0 Å². The topological polar surface area (TPSA) is 63.8 Å². The van der Waals surface area contributed by atoms with E-state index in [2.05, 4.69) is 11.1 Å². The van der Waals surface area contributed by atoms with Crippen LogP contribution in [0.15, 0.2) is 24.5 Å². The van der Waals surface area contributed by atoms with Crippen molar-refractivity contribution in [2.45, 2.75) is 13.3 Å². The van der Waals surface area contributed by atoms with Crippen LogP contribution in [-0.4, -0.2) is 29.3 Å². The van der Waals surface area contributed by atoms with Gasteiger partial charge in [-0.05, 0) is 18.6 Å². The molecule has 1 N–H and O–H groups in total. The van der Waals surface area contributed by atoms with Gasteiger partial charge in [-0.25, -0.2) is 0 Å². The Labute approximate surface area is 96.0 Å². The van der Waals surface area contributed by atoms with Crippen LogP contribution < -0.4 is 0 Å². The molecule has 1 aromatic heterocycles. The van der Waals surface area contributed by atoms with Gasteiger partial charge in [0.2, 0.25) is 0 Å². The van der Waals surface area contributed by atoms with E-state index in [1.807, 2.05) is 20.0 Å². The number of hydrogen-bond acceptors (Lipinski definition) is 3. The molecule has 1 rings (SSSR count). The number of nitrogens with one attached hydrogen (secondary N) is 1. The molecule has 0 aliphatic rings. The normalized spacial score (nSPS) is 11.6. The molecule has 16 heavy (non-hydrogen) atoms. The van der Waals surface area contributed by atoms with E-state index in [4.69, 9.17) is 10.7 Å². The quantitative estimate of drug-likeness (QED) is 0.617. The van der Waals surface area contributed by atoms with Gasteiger partial charge in [0.05, 0.1) is 12.0 Å². The lowest BCUT2D eigenvalue weighted by molar-refractivity contribution is 0.428. The Kier molecular flexibility index (Phi) is 4.46. The monoisotopic (exact) mass is 216 g/mol. The number of aromatic nitrogens is 1. The molecule has 0 radical (unpaired) electrons. The average Bonchev–Trinajstić information content (AvgIpc) is 2.35. The van der Waals surface area contributed by atoms with Crippen molar-refractivity contribution in [1.29, 1.82) is 10.7 Å². The Morgan fingerprint density at radius 1 is 1.69 bits per heavy atom. The first-order valence-corrected chi connectivity index (χ1v) is 5.28. The summed E-state index contributed by atoms with van der Waals surface area (Å²) < 4.78 is 0. The van der Waals surface area contributed by atoms with E-state index >= 15 is 0 Å². The Morgan fingerprint density at radius 2 is 2.44 bits per heavy atom. The van der Waals surface area contributed by atoms with Crippen LogP contribution in [0.5, 0.6) is 0 Å². The predicted molar refractivity (Wildman–Crippen MR) is 63.1 cm³/mol. The zero-order valence-electron chi connectivity index (χ0n) is 9.64. The van der Waals surface area contributed by atoms with Crippen molar-refractivity contribution in [3.63, 3.8) is 0 Å². The molecule has 1 atom stereocenters. The van der Waals surface area contributed by atoms with Crippen molar-refractivity contribution in [1.82, 2.24) is 9.88 Å². The van der Waals surface area contributed by atoms with E-state index in [0.717, 1.165) is 12.0 Å². The molecule has 0 amide bonds. The third-order valence-electron chi connectivity index (χ3n) is 2.49. The molecule has 84 valence electrons. The summed E-state index contributed by atoms with van der Waals surface area (Å²) in [5.41, 5.74) is 0.776. The van der Waals surface area contributed by atoms with Gasteiger partial charge in [-0.1, -0.05) is 6.92 Å². The fraction of sp³-hybridized carbons (Fsp3) is 0.417. The van der Waals surface area contributed by atoms with E-state index in [1.165, 1.54) is 0 Å². The molecule has 0 saturated carbocycles. The smallest absolute Gasteiger partial charge is 0.129 e. The van der Waals surface area contributed by atoms with Crippen molar-refractivity contribution in [2.75, 3.05) is 13.6 Å². The first kappa shape index (κ1) is 12.2. The molecular weight excluding hydrogens is 200 g/mol. The lowest BCUT2D eigenvalue weighted by atomic mass is 10.1. The van der Waals surface area contributed by atoms with E-state index in [0.29, 0.717) is 12.4 Å². The number of rotatable bonds is 4. The van der Waals surface area contributed by atoms with Gasteiger partial charge in [-0.3, -0.25) is 10.4 Å². The summed E-state index contributed by atoms with van der Waals surface area (Å²) in [7, 11) is 1.83. The summed E-state index contributed by atoms with van der Waals surface area (Å²) in [5, 5.41) is 16.8. The van der Waals surface area contributed by atoms with Crippen LogP contribution in [0.1, 0.15) is 18.9 Å². The number of amidine groups is 1. The Bertz CT molecular complexity index is 380. The summed E-state index contributed by atoms with van der Waals surface area (Å²) in [6, 6.07) is 5.89. The first-order chi connectivity index (χ1) is 7.69. The highest BCUT2D eigenvalue weighted by Crippen LogP contribution is 2.06. The average molecular weight is 216 g/mol. The van der Waals surface area contributed by atoms with Gasteiger partial charge in [0.25, 0.3) is 0 Å². The van der Waals surface area contributed by atoms with Crippen molar-refractivity contribution >= 4 is 5.84 Å². The van der Waals surface area contributed by atoms with Crippen molar-refractivity contribution in [3.05, 3.63) is 30.1 Å². The summed E-state index contributed by atoms with van der Waals surface area (Å²) in [6.07, 6.45) is 4.15. The maximum Gasteiger partial charge on any atom is 0.129 e. The van der Waals surface area contributed by atoms with Gasteiger partial charge in [0.1, 0.15) is 5.84 Å². The molecule has 1 aromatic rings. The van der Waals surface area contributed by atoms with Crippen LogP contribution >= 0.6 is 0 Å². The van der Waals surface area contributed by atoms with Gasteiger partial charge in [0, 0.05) is 31.5 Å². The minimum Gasteiger partial charge on any atom is -0.358 e. The fourth-order valence-electron chi connectivity index (χ4n) is 1.41. The zero-order chi connectivity index (χ0) is 12.0. The van der Waals surface area contributed by atoms with Crippen LogP contribution in [-0.2, 0) is 0 Å². The molecule has 0 aliphatic heterocycles. The largest absolute Gasteiger partial charge is 0.358 e. The second kappa shape index (κ2) is 5.86. The second-order valence-electron chi connectivity index (χ2n) is 3.71. The van der Waals surface area contributed by atoms with Crippen molar-refractivity contribution < 1.29 is 0 Å². The van der Waals surface area contributed by atoms with E-state index < -0.39 is 0 Å². The minimum atomic E-state index is -0.0259. The maximum atomic E-state index is 8.87. The van der Waals surface area contributed by atoms with E-state index in [9.17, 15) is 0 Å². The lowest BCUT2D eigenvalue weighted by Gasteiger charge is -2.21. The SMILES string of the molecule is CCC(C#N)CN(C)C(=N)c1cccnc1. The predicted octanol–water partition coefficient (Wildman–Crippen LogP) is 1.89. The number of nitriles is 1. The third kappa shape index (κ3) is 3.06. The second-order valence-corrected chi connectivity index (χ2v) is 3.71. The van der Waals surface area contributed by atoms with Crippen LogP contribution in [0.4, 0.5) is 0 Å². The van der Waals surface area contributed by atoms with Gasteiger partial charge in [0.15, 0.2) is 0 Å². The highest BCUT2D eigenvalue weighted by Gasteiger charge is 2.12. The fourth-order valence-corrected chi connectivity index (χ4v) is 1.41. The zero-order valence-corrected chi connectivity index (χ0v) is 9.64. The number of hydrogen-bond donors (Lipinski definition) is 1. The first-order valence-electron chi connectivity index (χ1n) is 5.28. The lowest BCUT2D eigenvalue weighted by Crippen LogP contribution is -2.31.